The minimum Gasteiger partial charge on any atom is -0.392 e. The Morgan fingerprint density at radius 1 is 1.33 bits per heavy atom. The van der Waals surface area contributed by atoms with Gasteiger partial charge in [0.1, 0.15) is 5.69 Å². The Morgan fingerprint density at radius 2 is 2.06 bits per heavy atom. The first-order valence-electron chi connectivity index (χ1n) is 5.47. The molecule has 2 rings (SSSR count). The van der Waals surface area contributed by atoms with E-state index in [1.54, 1.807) is 13.1 Å². The lowest BCUT2D eigenvalue weighted by molar-refractivity contribution is 0.0810. The third kappa shape index (κ3) is 2.62. The van der Waals surface area contributed by atoms with Crippen LogP contribution in [0.5, 0.6) is 0 Å². The van der Waals surface area contributed by atoms with Crippen molar-refractivity contribution < 1.29 is 4.79 Å². The summed E-state index contributed by atoms with van der Waals surface area (Å²) in [5.74, 6) is -0.187. The molecule has 0 aliphatic carbocycles. The maximum absolute atomic E-state index is 12.1. The zero-order chi connectivity index (χ0) is 13.1. The lowest BCUT2D eigenvalue weighted by Crippen LogP contribution is -2.34. The molecule has 1 aromatic heterocycles. The van der Waals surface area contributed by atoms with Gasteiger partial charge in [-0.1, -0.05) is 36.5 Å². The molecule has 0 saturated heterocycles. The number of pyridine rings is 1. The second-order valence-corrected chi connectivity index (χ2v) is 4.54. The lowest BCUT2D eigenvalue weighted by atomic mass is 10.2. The monoisotopic (exact) mass is 259 g/mol. The van der Waals surface area contributed by atoms with Crippen molar-refractivity contribution in [2.45, 2.75) is 0 Å². The number of carbonyl (C=O) groups excluding carboxylic acids is 1. The van der Waals surface area contributed by atoms with Crippen LogP contribution in [0, 0.1) is 0 Å². The van der Waals surface area contributed by atoms with Crippen LogP contribution in [-0.2, 0) is 0 Å². The Morgan fingerprint density at radius 3 is 2.78 bits per heavy atom. The number of aromatic nitrogens is 1. The van der Waals surface area contributed by atoms with E-state index in [2.05, 4.69) is 4.98 Å². The summed E-state index contributed by atoms with van der Waals surface area (Å²) in [4.78, 5) is 18.1. The Labute approximate surface area is 110 Å². The first-order chi connectivity index (χ1) is 8.58. The molecule has 0 bridgehead atoms. The van der Waals surface area contributed by atoms with Crippen molar-refractivity contribution >= 4 is 34.0 Å². The van der Waals surface area contributed by atoms with Crippen molar-refractivity contribution in [1.82, 2.24) is 9.88 Å². The van der Waals surface area contributed by atoms with Gasteiger partial charge in [0.05, 0.1) is 17.0 Å². The van der Waals surface area contributed by atoms with E-state index in [1.807, 2.05) is 30.3 Å². The number of thiocarbonyl (C=S) groups is 1. The maximum atomic E-state index is 12.1. The van der Waals surface area contributed by atoms with Crippen LogP contribution >= 0.6 is 12.2 Å². The molecular formula is C13H13N3OS. The fourth-order valence-electron chi connectivity index (χ4n) is 1.69. The van der Waals surface area contributed by atoms with E-state index in [9.17, 15) is 4.79 Å². The number of hydrogen-bond acceptors (Lipinski definition) is 3. The smallest absolute Gasteiger partial charge is 0.272 e. The Bertz CT molecular complexity index is 612. The molecular weight excluding hydrogens is 246 g/mol. The number of amides is 1. The van der Waals surface area contributed by atoms with Crippen molar-refractivity contribution in [1.29, 1.82) is 0 Å². The molecule has 1 heterocycles. The summed E-state index contributed by atoms with van der Waals surface area (Å²) in [5.41, 5.74) is 6.61. The highest BCUT2D eigenvalue weighted by molar-refractivity contribution is 7.80. The fourth-order valence-corrected chi connectivity index (χ4v) is 1.88. The average Bonchev–Trinajstić information content (AvgIpc) is 2.36. The summed E-state index contributed by atoms with van der Waals surface area (Å²) >= 11 is 4.78. The van der Waals surface area contributed by atoms with Gasteiger partial charge in [-0.05, 0) is 12.1 Å². The van der Waals surface area contributed by atoms with Crippen molar-refractivity contribution in [3.63, 3.8) is 0 Å². The second kappa shape index (κ2) is 5.10. The highest BCUT2D eigenvalue weighted by Crippen LogP contribution is 2.12. The van der Waals surface area contributed by atoms with Crippen LogP contribution in [0.4, 0.5) is 0 Å². The SMILES string of the molecule is CN(CC(N)=S)C(=O)c1ccc2ccccc2n1. The van der Waals surface area contributed by atoms with Gasteiger partial charge in [0.2, 0.25) is 0 Å². The Balaban J connectivity index is 2.30. The number of carbonyl (C=O) groups is 1. The molecule has 1 aromatic carbocycles. The predicted octanol–water partition coefficient (Wildman–Crippen LogP) is 1.59. The quantitative estimate of drug-likeness (QED) is 0.850. The number of hydrogen-bond donors (Lipinski definition) is 1. The summed E-state index contributed by atoms with van der Waals surface area (Å²) in [5, 5.41) is 1.01. The molecule has 0 aliphatic heterocycles. The van der Waals surface area contributed by atoms with Gasteiger partial charge in [-0.3, -0.25) is 4.79 Å². The maximum Gasteiger partial charge on any atom is 0.272 e. The molecule has 0 spiro atoms. The van der Waals surface area contributed by atoms with Gasteiger partial charge >= 0.3 is 0 Å². The molecule has 0 fully saturated rings. The molecule has 1 amide bonds. The number of fused-ring (bicyclic) bond motifs is 1. The van der Waals surface area contributed by atoms with E-state index in [-0.39, 0.29) is 17.4 Å². The van der Waals surface area contributed by atoms with Gasteiger partial charge in [0.25, 0.3) is 5.91 Å². The van der Waals surface area contributed by atoms with Crippen molar-refractivity contribution in [2.75, 3.05) is 13.6 Å². The van der Waals surface area contributed by atoms with Crippen LogP contribution in [-0.4, -0.2) is 34.4 Å². The minimum atomic E-state index is -0.187. The van der Waals surface area contributed by atoms with E-state index in [4.69, 9.17) is 18.0 Å². The topological polar surface area (TPSA) is 59.2 Å². The summed E-state index contributed by atoms with van der Waals surface area (Å²) < 4.78 is 0. The number of likely N-dealkylation sites (N-methyl/N-ethyl adjacent to an activating group) is 1. The standard InChI is InChI=1S/C13H13N3OS/c1-16(8-12(14)18)13(17)11-7-6-9-4-2-3-5-10(9)15-11/h2-7H,8H2,1H3,(H2,14,18). The van der Waals surface area contributed by atoms with Crippen LogP contribution < -0.4 is 5.73 Å². The fraction of sp³-hybridized carbons (Fsp3) is 0.154. The summed E-state index contributed by atoms with van der Waals surface area (Å²) in [6.45, 7) is 0.253. The molecule has 92 valence electrons. The van der Waals surface area contributed by atoms with Crippen LogP contribution in [0.3, 0.4) is 0 Å². The number of nitrogens with zero attached hydrogens (tertiary/aromatic N) is 2. The summed E-state index contributed by atoms with van der Waals surface area (Å²) in [7, 11) is 1.65. The van der Waals surface area contributed by atoms with Crippen LogP contribution in [0.15, 0.2) is 36.4 Å². The minimum absolute atomic E-state index is 0.187. The molecule has 18 heavy (non-hydrogen) atoms. The van der Waals surface area contributed by atoms with Crippen molar-refractivity contribution in [2.24, 2.45) is 5.73 Å². The predicted molar refractivity (Wildman–Crippen MR) is 75.5 cm³/mol. The molecule has 0 radical (unpaired) electrons. The molecule has 0 saturated carbocycles. The third-order valence-electron chi connectivity index (χ3n) is 2.56. The van der Waals surface area contributed by atoms with Crippen molar-refractivity contribution in [3.05, 3.63) is 42.1 Å². The summed E-state index contributed by atoms with van der Waals surface area (Å²) in [6, 6.07) is 11.2. The van der Waals surface area contributed by atoms with E-state index >= 15 is 0 Å². The zero-order valence-corrected chi connectivity index (χ0v) is 10.8. The largest absolute Gasteiger partial charge is 0.392 e. The number of nitrogens with two attached hydrogens (primary N) is 1. The number of rotatable bonds is 3. The number of para-hydroxylation sites is 1. The number of benzene rings is 1. The van der Waals surface area contributed by atoms with Gasteiger partial charge in [0, 0.05) is 12.4 Å². The summed E-state index contributed by atoms with van der Waals surface area (Å²) in [6.07, 6.45) is 0. The Kier molecular flexibility index (Phi) is 3.53. The van der Waals surface area contributed by atoms with Gasteiger partial charge in [-0.25, -0.2) is 4.98 Å². The van der Waals surface area contributed by atoms with Crippen LogP contribution in [0.1, 0.15) is 10.5 Å². The highest BCUT2D eigenvalue weighted by atomic mass is 32.1. The molecule has 0 aliphatic rings. The first kappa shape index (κ1) is 12.4. The van der Waals surface area contributed by atoms with Crippen LogP contribution in [0.2, 0.25) is 0 Å². The first-order valence-corrected chi connectivity index (χ1v) is 5.88. The molecule has 5 heteroatoms. The second-order valence-electron chi connectivity index (χ2n) is 4.02. The average molecular weight is 259 g/mol. The van der Waals surface area contributed by atoms with Gasteiger partial charge in [0.15, 0.2) is 0 Å². The molecule has 2 aromatic rings. The van der Waals surface area contributed by atoms with Gasteiger partial charge < -0.3 is 10.6 Å². The molecule has 0 atom stereocenters. The van der Waals surface area contributed by atoms with Crippen LogP contribution in [0.25, 0.3) is 10.9 Å². The highest BCUT2D eigenvalue weighted by Gasteiger charge is 2.13. The van der Waals surface area contributed by atoms with E-state index in [1.165, 1.54) is 4.90 Å². The molecule has 2 N–H and O–H groups in total. The van der Waals surface area contributed by atoms with Gasteiger partial charge in [-0.2, -0.15) is 0 Å². The van der Waals surface area contributed by atoms with Gasteiger partial charge in [-0.15, -0.1) is 0 Å². The molecule has 0 unspecified atom stereocenters. The van der Waals surface area contributed by atoms with E-state index in [0.717, 1.165) is 10.9 Å². The lowest BCUT2D eigenvalue weighted by Gasteiger charge is -2.15. The van der Waals surface area contributed by atoms with E-state index in [0.29, 0.717) is 5.69 Å². The van der Waals surface area contributed by atoms with E-state index < -0.39 is 0 Å². The normalized spacial score (nSPS) is 10.3. The zero-order valence-electron chi connectivity index (χ0n) is 9.96. The third-order valence-corrected chi connectivity index (χ3v) is 2.69. The Hall–Kier alpha value is -2.01. The molecule has 4 nitrogen and oxygen atoms in total. The van der Waals surface area contributed by atoms with Crippen molar-refractivity contribution in [3.8, 4) is 0 Å².